The summed E-state index contributed by atoms with van der Waals surface area (Å²) in [4.78, 5) is 27.8. The fourth-order valence-corrected chi connectivity index (χ4v) is 2.73. The van der Waals surface area contributed by atoms with Crippen LogP contribution < -0.4 is 4.74 Å². The molecule has 1 aliphatic rings. The summed E-state index contributed by atoms with van der Waals surface area (Å²) in [6.07, 6.45) is 2.60. The van der Waals surface area contributed by atoms with Crippen LogP contribution >= 0.6 is 0 Å². The summed E-state index contributed by atoms with van der Waals surface area (Å²) in [5, 5.41) is 0. The molecule has 1 saturated heterocycles. The van der Waals surface area contributed by atoms with Crippen LogP contribution in [0, 0.1) is 0 Å². The zero-order valence-corrected chi connectivity index (χ0v) is 13.9. The van der Waals surface area contributed by atoms with Gasteiger partial charge in [-0.25, -0.2) is 0 Å². The average molecular weight is 318 g/mol. The molecule has 2 rings (SSSR count). The Labute approximate surface area is 138 Å². The summed E-state index contributed by atoms with van der Waals surface area (Å²) >= 11 is 0. The van der Waals surface area contributed by atoms with Crippen molar-refractivity contribution in [2.45, 2.75) is 32.6 Å². The van der Waals surface area contributed by atoms with Crippen LogP contribution in [-0.4, -0.2) is 54.4 Å². The maximum atomic E-state index is 12.3. The van der Waals surface area contributed by atoms with Crippen LogP contribution in [-0.2, 0) is 9.59 Å². The summed E-state index contributed by atoms with van der Waals surface area (Å²) in [5.74, 6) is 1.17. The largest absolute Gasteiger partial charge is 0.494 e. The van der Waals surface area contributed by atoms with Crippen molar-refractivity contribution < 1.29 is 14.3 Å². The Bertz CT molecular complexity index is 504. The number of para-hydroxylation sites is 1. The average Bonchev–Trinajstić information content (AvgIpc) is 2.85. The number of carbonyl (C=O) groups excluding carboxylic acids is 2. The third-order valence-electron chi connectivity index (χ3n) is 4.05. The second kappa shape index (κ2) is 9.18. The highest BCUT2D eigenvalue weighted by atomic mass is 16.5. The SMILES string of the molecule is CCC(=O)N1CCCN(C(=O)CCCOc2ccccc2)CC1. The van der Waals surface area contributed by atoms with Crippen molar-refractivity contribution in [3.05, 3.63) is 30.3 Å². The number of hydrogen-bond acceptors (Lipinski definition) is 3. The Hall–Kier alpha value is -2.04. The molecule has 0 radical (unpaired) electrons. The number of ether oxygens (including phenoxy) is 1. The molecule has 0 N–H and O–H groups in total. The first-order valence-electron chi connectivity index (χ1n) is 8.44. The van der Waals surface area contributed by atoms with E-state index in [1.165, 1.54) is 0 Å². The molecular weight excluding hydrogens is 292 g/mol. The van der Waals surface area contributed by atoms with Crippen molar-refractivity contribution in [3.63, 3.8) is 0 Å². The van der Waals surface area contributed by atoms with Crippen molar-refractivity contribution in [1.29, 1.82) is 0 Å². The Kier molecular flexibility index (Phi) is 6.91. The van der Waals surface area contributed by atoms with Crippen molar-refractivity contribution in [1.82, 2.24) is 9.80 Å². The van der Waals surface area contributed by atoms with Gasteiger partial charge in [-0.3, -0.25) is 9.59 Å². The molecule has 0 aliphatic carbocycles. The van der Waals surface area contributed by atoms with Crippen molar-refractivity contribution in [3.8, 4) is 5.75 Å². The summed E-state index contributed by atoms with van der Waals surface area (Å²) in [5.41, 5.74) is 0. The Morgan fingerprint density at radius 2 is 1.65 bits per heavy atom. The molecular formula is C18H26N2O3. The summed E-state index contributed by atoms with van der Waals surface area (Å²) in [6, 6.07) is 9.64. The summed E-state index contributed by atoms with van der Waals surface area (Å²) in [7, 11) is 0. The molecule has 0 aromatic heterocycles. The molecule has 1 aromatic rings. The van der Waals surface area contributed by atoms with Gasteiger partial charge in [-0.05, 0) is 25.0 Å². The van der Waals surface area contributed by atoms with E-state index in [-0.39, 0.29) is 11.8 Å². The van der Waals surface area contributed by atoms with Gasteiger partial charge in [-0.2, -0.15) is 0 Å². The minimum absolute atomic E-state index is 0.160. The van der Waals surface area contributed by atoms with Gasteiger partial charge in [0, 0.05) is 39.0 Å². The van der Waals surface area contributed by atoms with Gasteiger partial charge in [-0.15, -0.1) is 0 Å². The van der Waals surface area contributed by atoms with Crippen LogP contribution in [0.25, 0.3) is 0 Å². The van der Waals surface area contributed by atoms with E-state index in [1.807, 2.05) is 47.1 Å². The second-order valence-electron chi connectivity index (χ2n) is 5.73. The molecule has 1 aliphatic heterocycles. The Balaban J connectivity index is 1.68. The fourth-order valence-electron chi connectivity index (χ4n) is 2.73. The number of nitrogens with zero attached hydrogens (tertiary/aromatic N) is 2. The smallest absolute Gasteiger partial charge is 0.222 e. The molecule has 0 unspecified atom stereocenters. The van der Waals surface area contributed by atoms with Crippen LogP contribution in [0.4, 0.5) is 0 Å². The predicted molar refractivity (Wildman–Crippen MR) is 89.2 cm³/mol. The predicted octanol–water partition coefficient (Wildman–Crippen LogP) is 2.32. The molecule has 0 atom stereocenters. The molecule has 1 fully saturated rings. The lowest BCUT2D eigenvalue weighted by Gasteiger charge is -2.22. The number of rotatable bonds is 6. The molecule has 0 spiro atoms. The van der Waals surface area contributed by atoms with Crippen LogP contribution in [0.1, 0.15) is 32.6 Å². The standard InChI is InChI=1S/C18H26N2O3/c1-2-17(21)19-11-7-12-20(14-13-19)18(22)10-6-15-23-16-8-4-3-5-9-16/h3-5,8-9H,2,6-7,10-15H2,1H3. The highest BCUT2D eigenvalue weighted by Crippen LogP contribution is 2.10. The third kappa shape index (κ3) is 5.58. The van der Waals surface area contributed by atoms with Gasteiger partial charge in [0.05, 0.1) is 6.61 Å². The van der Waals surface area contributed by atoms with E-state index in [2.05, 4.69) is 0 Å². The number of amides is 2. The zero-order chi connectivity index (χ0) is 16.5. The van der Waals surface area contributed by atoms with Gasteiger partial charge in [0.2, 0.25) is 11.8 Å². The lowest BCUT2D eigenvalue weighted by atomic mass is 10.2. The quantitative estimate of drug-likeness (QED) is 0.756. The normalized spacial score (nSPS) is 15.2. The zero-order valence-electron chi connectivity index (χ0n) is 13.9. The Morgan fingerprint density at radius 1 is 1.00 bits per heavy atom. The molecule has 1 heterocycles. The van der Waals surface area contributed by atoms with Gasteiger partial charge in [0.15, 0.2) is 0 Å². The van der Waals surface area contributed by atoms with Crippen molar-refractivity contribution in [2.24, 2.45) is 0 Å². The third-order valence-corrected chi connectivity index (χ3v) is 4.05. The van der Waals surface area contributed by atoms with Crippen LogP contribution in [0.15, 0.2) is 30.3 Å². The van der Waals surface area contributed by atoms with Crippen molar-refractivity contribution >= 4 is 11.8 Å². The van der Waals surface area contributed by atoms with Gasteiger partial charge >= 0.3 is 0 Å². The molecule has 5 nitrogen and oxygen atoms in total. The molecule has 2 amide bonds. The molecule has 23 heavy (non-hydrogen) atoms. The fraction of sp³-hybridized carbons (Fsp3) is 0.556. The number of carbonyl (C=O) groups is 2. The van der Waals surface area contributed by atoms with Crippen LogP contribution in [0.3, 0.4) is 0 Å². The van der Waals surface area contributed by atoms with E-state index >= 15 is 0 Å². The van der Waals surface area contributed by atoms with E-state index in [4.69, 9.17) is 4.74 Å². The molecule has 5 heteroatoms. The van der Waals surface area contributed by atoms with Crippen LogP contribution in [0.2, 0.25) is 0 Å². The maximum Gasteiger partial charge on any atom is 0.222 e. The molecule has 126 valence electrons. The van der Waals surface area contributed by atoms with E-state index in [1.54, 1.807) is 0 Å². The van der Waals surface area contributed by atoms with Gasteiger partial charge in [-0.1, -0.05) is 25.1 Å². The van der Waals surface area contributed by atoms with E-state index in [0.29, 0.717) is 39.0 Å². The first-order valence-corrected chi connectivity index (χ1v) is 8.44. The summed E-state index contributed by atoms with van der Waals surface area (Å²) in [6.45, 7) is 5.22. The van der Waals surface area contributed by atoms with Crippen LogP contribution in [0.5, 0.6) is 5.75 Å². The molecule has 0 bridgehead atoms. The molecule has 0 saturated carbocycles. The minimum atomic E-state index is 0.160. The van der Waals surface area contributed by atoms with Gasteiger partial charge in [0.1, 0.15) is 5.75 Å². The van der Waals surface area contributed by atoms with E-state index < -0.39 is 0 Å². The Morgan fingerprint density at radius 3 is 2.30 bits per heavy atom. The molecule has 1 aromatic carbocycles. The monoisotopic (exact) mass is 318 g/mol. The van der Waals surface area contributed by atoms with E-state index in [0.717, 1.165) is 25.3 Å². The van der Waals surface area contributed by atoms with Gasteiger partial charge in [0.25, 0.3) is 0 Å². The number of hydrogen-bond donors (Lipinski definition) is 0. The number of benzene rings is 1. The summed E-state index contributed by atoms with van der Waals surface area (Å²) < 4.78 is 5.61. The first kappa shape index (κ1) is 17.3. The maximum absolute atomic E-state index is 12.3. The lowest BCUT2D eigenvalue weighted by molar-refractivity contribution is -0.133. The topological polar surface area (TPSA) is 49.9 Å². The highest BCUT2D eigenvalue weighted by Gasteiger charge is 2.20. The minimum Gasteiger partial charge on any atom is -0.494 e. The van der Waals surface area contributed by atoms with Gasteiger partial charge < -0.3 is 14.5 Å². The second-order valence-corrected chi connectivity index (χ2v) is 5.73. The highest BCUT2D eigenvalue weighted by molar-refractivity contribution is 5.77. The van der Waals surface area contributed by atoms with Crippen molar-refractivity contribution in [2.75, 3.05) is 32.8 Å². The van der Waals surface area contributed by atoms with E-state index in [9.17, 15) is 9.59 Å². The lowest BCUT2D eigenvalue weighted by Crippen LogP contribution is -2.37. The first-order chi connectivity index (χ1) is 11.2.